The summed E-state index contributed by atoms with van der Waals surface area (Å²) in [6.07, 6.45) is 1.65. The average Bonchev–Trinajstić information content (AvgIpc) is 2.56. The van der Waals surface area contributed by atoms with Crippen LogP contribution in [-0.4, -0.2) is 43.4 Å². The molecular weight excluding hydrogens is 375 g/mol. The van der Waals surface area contributed by atoms with E-state index in [-0.39, 0.29) is 48.5 Å². The zero-order valence-electron chi connectivity index (χ0n) is 15.4. The van der Waals surface area contributed by atoms with Crippen molar-refractivity contribution in [2.75, 3.05) is 32.0 Å². The molecule has 1 aliphatic rings. The molecule has 1 heterocycles. The van der Waals surface area contributed by atoms with Crippen LogP contribution in [-0.2, 0) is 16.1 Å². The van der Waals surface area contributed by atoms with Gasteiger partial charge in [-0.15, -0.1) is 24.8 Å². The van der Waals surface area contributed by atoms with E-state index in [2.05, 4.69) is 21.6 Å². The number of carbonyl (C=O) groups excluding carboxylic acids is 2. The van der Waals surface area contributed by atoms with Gasteiger partial charge in [-0.1, -0.05) is 19.1 Å². The second-order valence-electron chi connectivity index (χ2n) is 6.60. The summed E-state index contributed by atoms with van der Waals surface area (Å²) in [5.74, 6) is -0.231. The van der Waals surface area contributed by atoms with E-state index < -0.39 is 0 Å². The van der Waals surface area contributed by atoms with Gasteiger partial charge in [0.1, 0.15) is 0 Å². The fraction of sp³-hybridized carbons (Fsp3) is 0.556. The maximum absolute atomic E-state index is 12.1. The third kappa shape index (κ3) is 7.50. The molecule has 148 valence electrons. The largest absolute Gasteiger partial charge is 0.369 e. The van der Waals surface area contributed by atoms with Crippen LogP contribution in [0, 0.1) is 11.8 Å². The van der Waals surface area contributed by atoms with E-state index in [1.807, 2.05) is 32.2 Å². The number of rotatable bonds is 7. The molecule has 1 aromatic rings. The first-order chi connectivity index (χ1) is 11.5. The van der Waals surface area contributed by atoms with Gasteiger partial charge in [0.15, 0.2) is 0 Å². The van der Waals surface area contributed by atoms with E-state index in [4.69, 9.17) is 5.73 Å². The Kier molecular flexibility index (Phi) is 11.5. The number of nitrogens with two attached hydrogens (primary N) is 1. The van der Waals surface area contributed by atoms with E-state index in [1.165, 1.54) is 0 Å². The molecule has 1 atom stereocenters. The van der Waals surface area contributed by atoms with Crippen LogP contribution in [0.15, 0.2) is 24.3 Å². The highest BCUT2D eigenvalue weighted by Gasteiger charge is 2.23. The van der Waals surface area contributed by atoms with Crippen molar-refractivity contribution in [2.45, 2.75) is 26.3 Å². The number of piperidine rings is 1. The average molecular weight is 405 g/mol. The Balaban J connectivity index is 0.00000312. The van der Waals surface area contributed by atoms with Gasteiger partial charge in [0.05, 0.1) is 0 Å². The predicted octanol–water partition coefficient (Wildman–Crippen LogP) is 2.02. The SMILES string of the molecule is CNCC(C)C(=O)Nc1cccc(CN2CCC(C(N)=O)CC2)c1.Cl.Cl. The van der Waals surface area contributed by atoms with Gasteiger partial charge in [-0.3, -0.25) is 14.5 Å². The van der Waals surface area contributed by atoms with Gasteiger partial charge in [0.2, 0.25) is 11.8 Å². The molecule has 2 rings (SSSR count). The Hall–Kier alpha value is -1.34. The minimum Gasteiger partial charge on any atom is -0.369 e. The van der Waals surface area contributed by atoms with Gasteiger partial charge in [-0.25, -0.2) is 0 Å². The number of benzene rings is 1. The summed E-state index contributed by atoms with van der Waals surface area (Å²) >= 11 is 0. The second kappa shape index (κ2) is 12.1. The molecule has 0 bridgehead atoms. The van der Waals surface area contributed by atoms with Crippen LogP contribution in [0.5, 0.6) is 0 Å². The molecule has 6 nitrogen and oxygen atoms in total. The summed E-state index contributed by atoms with van der Waals surface area (Å²) in [4.78, 5) is 25.6. The number of nitrogens with one attached hydrogen (secondary N) is 2. The number of hydrogen-bond donors (Lipinski definition) is 3. The molecule has 8 heteroatoms. The third-order valence-corrected chi connectivity index (χ3v) is 4.55. The molecule has 2 amide bonds. The monoisotopic (exact) mass is 404 g/mol. The number of hydrogen-bond acceptors (Lipinski definition) is 4. The van der Waals surface area contributed by atoms with Crippen molar-refractivity contribution < 1.29 is 9.59 Å². The molecule has 1 fully saturated rings. The number of likely N-dealkylation sites (tertiary alicyclic amines) is 1. The van der Waals surface area contributed by atoms with Crippen molar-refractivity contribution in [3.63, 3.8) is 0 Å². The molecule has 0 radical (unpaired) electrons. The zero-order valence-corrected chi connectivity index (χ0v) is 17.0. The van der Waals surface area contributed by atoms with Crippen LogP contribution >= 0.6 is 24.8 Å². The van der Waals surface area contributed by atoms with Crippen LogP contribution < -0.4 is 16.4 Å². The highest BCUT2D eigenvalue weighted by Crippen LogP contribution is 2.20. The quantitative estimate of drug-likeness (QED) is 0.648. The molecule has 1 saturated heterocycles. The minimum absolute atomic E-state index is 0. The molecule has 26 heavy (non-hydrogen) atoms. The van der Waals surface area contributed by atoms with Gasteiger partial charge in [-0.05, 0) is 50.7 Å². The summed E-state index contributed by atoms with van der Waals surface area (Å²) in [6.45, 7) is 5.13. The van der Waals surface area contributed by atoms with Crippen LogP contribution in [0.2, 0.25) is 0 Å². The third-order valence-electron chi connectivity index (χ3n) is 4.55. The van der Waals surface area contributed by atoms with E-state index in [9.17, 15) is 9.59 Å². The highest BCUT2D eigenvalue weighted by atomic mass is 35.5. The first-order valence-electron chi connectivity index (χ1n) is 8.55. The van der Waals surface area contributed by atoms with Crippen molar-refractivity contribution >= 4 is 42.3 Å². The summed E-state index contributed by atoms with van der Waals surface area (Å²) < 4.78 is 0. The van der Waals surface area contributed by atoms with Crippen LogP contribution in [0.25, 0.3) is 0 Å². The smallest absolute Gasteiger partial charge is 0.228 e. The fourth-order valence-corrected chi connectivity index (χ4v) is 3.05. The van der Waals surface area contributed by atoms with Crippen molar-refractivity contribution in [2.24, 2.45) is 17.6 Å². The lowest BCUT2D eigenvalue weighted by Crippen LogP contribution is -2.38. The Morgan fingerprint density at radius 1 is 1.27 bits per heavy atom. The Morgan fingerprint density at radius 2 is 1.92 bits per heavy atom. The number of primary amides is 1. The summed E-state index contributed by atoms with van der Waals surface area (Å²) in [6, 6.07) is 7.95. The van der Waals surface area contributed by atoms with Crippen molar-refractivity contribution in [3.05, 3.63) is 29.8 Å². The first kappa shape index (κ1) is 24.7. The van der Waals surface area contributed by atoms with Crippen LogP contribution in [0.1, 0.15) is 25.3 Å². The standard InChI is InChI=1S/C18H28N4O2.2ClH/c1-13(11-20-2)18(24)21-16-5-3-4-14(10-16)12-22-8-6-15(7-9-22)17(19)23;;/h3-5,10,13,15,20H,6-9,11-12H2,1-2H3,(H2,19,23)(H,21,24);2*1H. The molecule has 0 aromatic heterocycles. The predicted molar refractivity (Wildman–Crippen MR) is 110 cm³/mol. The summed E-state index contributed by atoms with van der Waals surface area (Å²) in [7, 11) is 1.84. The topological polar surface area (TPSA) is 87.5 Å². The van der Waals surface area contributed by atoms with Crippen molar-refractivity contribution in [1.82, 2.24) is 10.2 Å². The number of anilines is 1. The molecule has 0 spiro atoms. The zero-order chi connectivity index (χ0) is 17.5. The molecular formula is C18H30Cl2N4O2. The van der Waals surface area contributed by atoms with Gasteiger partial charge in [0, 0.05) is 30.6 Å². The Morgan fingerprint density at radius 3 is 2.50 bits per heavy atom. The highest BCUT2D eigenvalue weighted by molar-refractivity contribution is 5.92. The molecule has 1 aliphatic heterocycles. The van der Waals surface area contributed by atoms with E-state index in [1.54, 1.807) is 0 Å². The number of amides is 2. The normalized spacial score (nSPS) is 16.1. The van der Waals surface area contributed by atoms with Gasteiger partial charge in [0.25, 0.3) is 0 Å². The Labute approximate surface area is 168 Å². The fourth-order valence-electron chi connectivity index (χ4n) is 3.05. The lowest BCUT2D eigenvalue weighted by Gasteiger charge is -2.30. The summed E-state index contributed by atoms with van der Waals surface area (Å²) in [5, 5.41) is 5.98. The van der Waals surface area contributed by atoms with Crippen molar-refractivity contribution in [3.8, 4) is 0 Å². The number of carbonyl (C=O) groups is 2. The summed E-state index contributed by atoms with van der Waals surface area (Å²) in [5.41, 5.74) is 7.36. The van der Waals surface area contributed by atoms with Gasteiger partial charge < -0.3 is 16.4 Å². The Bertz CT molecular complexity index is 578. The minimum atomic E-state index is -0.185. The molecule has 1 unspecified atom stereocenters. The van der Waals surface area contributed by atoms with Gasteiger partial charge in [-0.2, -0.15) is 0 Å². The molecule has 0 aliphatic carbocycles. The lowest BCUT2D eigenvalue weighted by atomic mass is 9.96. The van der Waals surface area contributed by atoms with E-state index in [0.29, 0.717) is 6.54 Å². The van der Waals surface area contributed by atoms with E-state index >= 15 is 0 Å². The van der Waals surface area contributed by atoms with Crippen molar-refractivity contribution in [1.29, 1.82) is 0 Å². The molecule has 0 saturated carbocycles. The maximum atomic E-state index is 12.1. The molecule has 4 N–H and O–H groups in total. The lowest BCUT2D eigenvalue weighted by molar-refractivity contribution is -0.123. The van der Waals surface area contributed by atoms with Crippen LogP contribution in [0.4, 0.5) is 5.69 Å². The first-order valence-corrected chi connectivity index (χ1v) is 8.55. The maximum Gasteiger partial charge on any atom is 0.228 e. The van der Waals surface area contributed by atoms with Gasteiger partial charge >= 0.3 is 0 Å². The second-order valence-corrected chi connectivity index (χ2v) is 6.60. The molecule has 1 aromatic carbocycles. The van der Waals surface area contributed by atoms with E-state index in [0.717, 1.165) is 43.7 Å². The number of halogens is 2. The van der Waals surface area contributed by atoms with Crippen LogP contribution in [0.3, 0.4) is 0 Å². The number of nitrogens with zero attached hydrogens (tertiary/aromatic N) is 1.